The zero-order chi connectivity index (χ0) is 7.40. The third-order valence-corrected chi connectivity index (χ3v) is 1.23. The van der Waals surface area contributed by atoms with E-state index in [0.29, 0.717) is 0 Å². The standard InChI is InChI=1S/C7H9N3/c1-2-6-3-4-9-5-7(6)10-8/h2-5,10H,1,8H2. The molecule has 3 heteroatoms. The van der Waals surface area contributed by atoms with Crippen LogP contribution in [0.3, 0.4) is 0 Å². The summed E-state index contributed by atoms with van der Waals surface area (Å²) in [6.07, 6.45) is 5.06. The summed E-state index contributed by atoms with van der Waals surface area (Å²) in [6, 6.07) is 1.84. The van der Waals surface area contributed by atoms with Gasteiger partial charge in [0.2, 0.25) is 0 Å². The molecule has 0 saturated heterocycles. The molecular weight excluding hydrogens is 126 g/mol. The maximum atomic E-state index is 5.19. The molecule has 3 N–H and O–H groups in total. The number of pyridine rings is 1. The molecule has 0 spiro atoms. The quantitative estimate of drug-likeness (QED) is 0.470. The van der Waals surface area contributed by atoms with Gasteiger partial charge in [-0.2, -0.15) is 0 Å². The van der Waals surface area contributed by atoms with Gasteiger partial charge >= 0.3 is 0 Å². The predicted octanol–water partition coefficient (Wildman–Crippen LogP) is 1.01. The zero-order valence-corrected chi connectivity index (χ0v) is 5.54. The average molecular weight is 135 g/mol. The maximum absolute atomic E-state index is 5.19. The van der Waals surface area contributed by atoms with Crippen LogP contribution in [0.5, 0.6) is 0 Å². The van der Waals surface area contributed by atoms with E-state index in [9.17, 15) is 0 Å². The van der Waals surface area contributed by atoms with Gasteiger partial charge in [-0.05, 0) is 6.07 Å². The summed E-state index contributed by atoms with van der Waals surface area (Å²) in [7, 11) is 0. The van der Waals surface area contributed by atoms with Crippen molar-refractivity contribution < 1.29 is 0 Å². The summed E-state index contributed by atoms with van der Waals surface area (Å²) >= 11 is 0. The molecular formula is C7H9N3. The fourth-order valence-corrected chi connectivity index (χ4v) is 0.704. The summed E-state index contributed by atoms with van der Waals surface area (Å²) in [6.45, 7) is 3.62. The summed E-state index contributed by atoms with van der Waals surface area (Å²) in [5.74, 6) is 5.19. The Morgan fingerprint density at radius 3 is 3.00 bits per heavy atom. The van der Waals surface area contributed by atoms with Crippen molar-refractivity contribution >= 4 is 11.8 Å². The molecule has 0 aliphatic heterocycles. The molecule has 3 nitrogen and oxygen atoms in total. The molecule has 10 heavy (non-hydrogen) atoms. The Morgan fingerprint density at radius 2 is 2.50 bits per heavy atom. The third kappa shape index (κ3) is 1.14. The van der Waals surface area contributed by atoms with Crippen LogP contribution in [0.4, 0.5) is 5.69 Å². The second kappa shape index (κ2) is 2.98. The first-order valence-electron chi connectivity index (χ1n) is 2.91. The van der Waals surface area contributed by atoms with E-state index < -0.39 is 0 Å². The number of nitrogens with zero attached hydrogens (tertiary/aromatic N) is 1. The number of hydrazine groups is 1. The minimum Gasteiger partial charge on any atom is -0.322 e. The fraction of sp³-hybridized carbons (Fsp3) is 0. The van der Waals surface area contributed by atoms with Crippen molar-refractivity contribution in [2.75, 3.05) is 5.43 Å². The Labute approximate surface area is 59.6 Å². The summed E-state index contributed by atoms with van der Waals surface area (Å²) in [4.78, 5) is 3.87. The lowest BCUT2D eigenvalue weighted by molar-refractivity contribution is 1.26. The molecule has 0 fully saturated rings. The van der Waals surface area contributed by atoms with E-state index in [4.69, 9.17) is 5.84 Å². The van der Waals surface area contributed by atoms with Crippen molar-refractivity contribution in [1.29, 1.82) is 0 Å². The molecule has 1 heterocycles. The Balaban J connectivity index is 3.08. The molecule has 1 rings (SSSR count). The molecule has 0 aliphatic carbocycles. The Morgan fingerprint density at radius 1 is 1.70 bits per heavy atom. The topological polar surface area (TPSA) is 50.9 Å². The Kier molecular flexibility index (Phi) is 2.02. The molecule has 0 amide bonds. The van der Waals surface area contributed by atoms with Crippen LogP contribution < -0.4 is 11.3 Å². The van der Waals surface area contributed by atoms with Crippen LogP contribution in [-0.4, -0.2) is 4.98 Å². The third-order valence-electron chi connectivity index (χ3n) is 1.23. The fourth-order valence-electron chi connectivity index (χ4n) is 0.704. The van der Waals surface area contributed by atoms with Crippen molar-refractivity contribution in [3.8, 4) is 0 Å². The number of nitrogens with one attached hydrogen (secondary N) is 1. The SMILES string of the molecule is C=Cc1ccncc1NN. The van der Waals surface area contributed by atoms with Gasteiger partial charge in [0.1, 0.15) is 0 Å². The van der Waals surface area contributed by atoms with Gasteiger partial charge < -0.3 is 5.43 Å². The molecule has 0 bridgehead atoms. The molecule has 1 aromatic rings. The van der Waals surface area contributed by atoms with Gasteiger partial charge in [-0.25, -0.2) is 0 Å². The van der Waals surface area contributed by atoms with Gasteiger partial charge in [0.25, 0.3) is 0 Å². The number of anilines is 1. The van der Waals surface area contributed by atoms with E-state index in [2.05, 4.69) is 17.0 Å². The molecule has 0 atom stereocenters. The van der Waals surface area contributed by atoms with E-state index >= 15 is 0 Å². The number of nitrogen functional groups attached to an aromatic ring is 1. The number of rotatable bonds is 2. The van der Waals surface area contributed by atoms with Crippen LogP contribution >= 0.6 is 0 Å². The average Bonchev–Trinajstić information content (AvgIpc) is 2.04. The van der Waals surface area contributed by atoms with E-state index in [0.717, 1.165) is 11.3 Å². The molecule has 0 aliphatic rings. The normalized spacial score (nSPS) is 8.90. The van der Waals surface area contributed by atoms with E-state index in [1.54, 1.807) is 18.5 Å². The summed E-state index contributed by atoms with van der Waals surface area (Å²) in [5, 5.41) is 0. The summed E-state index contributed by atoms with van der Waals surface area (Å²) in [5.41, 5.74) is 4.26. The predicted molar refractivity (Wildman–Crippen MR) is 42.1 cm³/mol. The zero-order valence-electron chi connectivity index (χ0n) is 5.54. The smallest absolute Gasteiger partial charge is 0.0742 e. The molecule has 0 radical (unpaired) electrons. The second-order valence-electron chi connectivity index (χ2n) is 1.81. The van der Waals surface area contributed by atoms with E-state index in [-0.39, 0.29) is 0 Å². The molecule has 52 valence electrons. The highest BCUT2D eigenvalue weighted by Gasteiger charge is 1.92. The van der Waals surface area contributed by atoms with Gasteiger partial charge in [-0.15, -0.1) is 0 Å². The Bertz CT molecular complexity index is 232. The van der Waals surface area contributed by atoms with Gasteiger partial charge in [0.05, 0.1) is 11.9 Å². The first kappa shape index (κ1) is 6.77. The summed E-state index contributed by atoms with van der Waals surface area (Å²) < 4.78 is 0. The van der Waals surface area contributed by atoms with Gasteiger partial charge in [0.15, 0.2) is 0 Å². The van der Waals surface area contributed by atoms with Crippen LogP contribution in [0.2, 0.25) is 0 Å². The monoisotopic (exact) mass is 135 g/mol. The minimum atomic E-state index is 0.789. The van der Waals surface area contributed by atoms with Crippen molar-refractivity contribution in [3.05, 3.63) is 30.6 Å². The lowest BCUT2D eigenvalue weighted by Gasteiger charge is -2.01. The Hall–Kier alpha value is -1.35. The first-order chi connectivity index (χ1) is 4.88. The lowest BCUT2D eigenvalue weighted by Crippen LogP contribution is -2.08. The van der Waals surface area contributed by atoms with Gasteiger partial charge in [-0.3, -0.25) is 10.8 Å². The highest BCUT2D eigenvalue weighted by molar-refractivity contribution is 5.63. The van der Waals surface area contributed by atoms with Crippen LogP contribution in [-0.2, 0) is 0 Å². The number of hydrogen-bond donors (Lipinski definition) is 2. The largest absolute Gasteiger partial charge is 0.322 e. The van der Waals surface area contributed by atoms with Crippen LogP contribution in [0.1, 0.15) is 5.56 Å². The van der Waals surface area contributed by atoms with Gasteiger partial charge in [-0.1, -0.05) is 12.7 Å². The molecule has 1 aromatic heterocycles. The highest BCUT2D eigenvalue weighted by Crippen LogP contribution is 2.11. The first-order valence-corrected chi connectivity index (χ1v) is 2.91. The molecule has 0 saturated carbocycles. The lowest BCUT2D eigenvalue weighted by atomic mass is 10.2. The molecule has 0 aromatic carbocycles. The van der Waals surface area contributed by atoms with Crippen LogP contribution in [0, 0.1) is 0 Å². The number of aromatic nitrogens is 1. The van der Waals surface area contributed by atoms with Crippen LogP contribution in [0.25, 0.3) is 6.08 Å². The van der Waals surface area contributed by atoms with E-state index in [1.165, 1.54) is 0 Å². The van der Waals surface area contributed by atoms with Crippen molar-refractivity contribution in [1.82, 2.24) is 4.98 Å². The highest BCUT2D eigenvalue weighted by atomic mass is 15.2. The van der Waals surface area contributed by atoms with Crippen molar-refractivity contribution in [2.24, 2.45) is 5.84 Å². The van der Waals surface area contributed by atoms with Gasteiger partial charge in [0, 0.05) is 11.8 Å². The molecule has 0 unspecified atom stereocenters. The van der Waals surface area contributed by atoms with Crippen LogP contribution in [0.15, 0.2) is 25.0 Å². The minimum absolute atomic E-state index is 0.789. The maximum Gasteiger partial charge on any atom is 0.0742 e. The van der Waals surface area contributed by atoms with Crippen molar-refractivity contribution in [2.45, 2.75) is 0 Å². The number of nitrogens with two attached hydrogens (primary N) is 1. The number of hydrogen-bond acceptors (Lipinski definition) is 3. The van der Waals surface area contributed by atoms with E-state index in [1.807, 2.05) is 6.07 Å². The van der Waals surface area contributed by atoms with Crippen molar-refractivity contribution in [3.63, 3.8) is 0 Å². The second-order valence-corrected chi connectivity index (χ2v) is 1.81.